The van der Waals surface area contributed by atoms with Gasteiger partial charge in [0.05, 0.1) is 6.10 Å². The van der Waals surface area contributed by atoms with Crippen LogP contribution in [-0.2, 0) is 5.41 Å². The number of rotatable bonds is 3. The van der Waals surface area contributed by atoms with Crippen molar-refractivity contribution in [1.29, 1.82) is 0 Å². The zero-order chi connectivity index (χ0) is 15.6. The monoisotopic (exact) mass is 290 g/mol. The normalized spacial score (nSPS) is 17.4. The van der Waals surface area contributed by atoms with E-state index >= 15 is 0 Å². The highest BCUT2D eigenvalue weighted by Crippen LogP contribution is 2.35. The minimum absolute atomic E-state index is 0.102. The summed E-state index contributed by atoms with van der Waals surface area (Å²) in [5, 5.41) is 0. The fourth-order valence-corrected chi connectivity index (χ4v) is 2.74. The predicted octanol–water partition coefficient (Wildman–Crippen LogP) is 3.52. The van der Waals surface area contributed by atoms with Gasteiger partial charge in [0.1, 0.15) is 5.75 Å². The summed E-state index contributed by atoms with van der Waals surface area (Å²) < 4.78 is 6.09. The predicted molar refractivity (Wildman–Crippen MR) is 90.6 cm³/mol. The molecule has 1 heterocycles. The highest BCUT2D eigenvalue weighted by Gasteiger charge is 2.22. The van der Waals surface area contributed by atoms with E-state index in [9.17, 15) is 0 Å². The largest absolute Gasteiger partial charge is 0.491 e. The molecule has 0 amide bonds. The van der Waals surface area contributed by atoms with Gasteiger partial charge in [-0.25, -0.2) is 0 Å². The van der Waals surface area contributed by atoms with Gasteiger partial charge in [-0.1, -0.05) is 26.8 Å². The molecule has 0 saturated carbocycles. The van der Waals surface area contributed by atoms with E-state index in [-0.39, 0.29) is 11.5 Å². The van der Waals surface area contributed by atoms with Gasteiger partial charge in [-0.3, -0.25) is 0 Å². The lowest BCUT2D eigenvalue weighted by molar-refractivity contribution is 0.236. The van der Waals surface area contributed by atoms with Crippen LogP contribution in [0.3, 0.4) is 0 Å². The van der Waals surface area contributed by atoms with Crippen LogP contribution in [-0.4, -0.2) is 44.2 Å². The van der Waals surface area contributed by atoms with Gasteiger partial charge in [-0.2, -0.15) is 0 Å². The molecule has 118 valence electrons. The molecule has 1 aromatic carbocycles. The van der Waals surface area contributed by atoms with E-state index in [2.05, 4.69) is 69.7 Å². The molecule has 0 N–H and O–H groups in total. The highest BCUT2D eigenvalue weighted by atomic mass is 16.5. The quantitative estimate of drug-likeness (QED) is 0.847. The zero-order valence-electron chi connectivity index (χ0n) is 14.4. The molecular weight excluding hydrogens is 260 g/mol. The van der Waals surface area contributed by atoms with Gasteiger partial charge in [0.15, 0.2) is 0 Å². The van der Waals surface area contributed by atoms with Gasteiger partial charge in [-0.15, -0.1) is 0 Å². The van der Waals surface area contributed by atoms with Crippen LogP contribution >= 0.6 is 0 Å². The SMILES string of the molecule is CC(C)Oc1cc(N2CCN(C)CC2)ccc1C(C)(C)C. The van der Waals surface area contributed by atoms with E-state index in [0.717, 1.165) is 31.9 Å². The second-order valence-electron chi connectivity index (χ2n) is 7.39. The van der Waals surface area contributed by atoms with Gasteiger partial charge < -0.3 is 14.5 Å². The van der Waals surface area contributed by atoms with Gasteiger partial charge >= 0.3 is 0 Å². The molecule has 1 saturated heterocycles. The summed E-state index contributed by atoms with van der Waals surface area (Å²) in [5.41, 5.74) is 2.67. The number of ether oxygens (including phenoxy) is 1. The fraction of sp³-hybridized carbons (Fsp3) is 0.667. The maximum absolute atomic E-state index is 6.09. The van der Waals surface area contributed by atoms with Crippen molar-refractivity contribution >= 4 is 5.69 Å². The Bertz CT molecular complexity index is 469. The summed E-state index contributed by atoms with van der Waals surface area (Å²) in [6.45, 7) is 15.3. The lowest BCUT2D eigenvalue weighted by Gasteiger charge is -2.35. The van der Waals surface area contributed by atoms with Gasteiger partial charge in [-0.05, 0) is 37.9 Å². The Kier molecular flexibility index (Phi) is 4.82. The average molecular weight is 290 g/mol. The van der Waals surface area contributed by atoms with Crippen LogP contribution in [0.15, 0.2) is 18.2 Å². The lowest BCUT2D eigenvalue weighted by atomic mass is 9.86. The van der Waals surface area contributed by atoms with Crippen LogP contribution in [0.4, 0.5) is 5.69 Å². The van der Waals surface area contributed by atoms with Crippen molar-refractivity contribution in [2.45, 2.75) is 46.1 Å². The molecule has 1 aromatic rings. The van der Waals surface area contributed by atoms with Crippen LogP contribution in [0.2, 0.25) is 0 Å². The summed E-state index contributed by atoms with van der Waals surface area (Å²) in [5.74, 6) is 1.04. The van der Waals surface area contributed by atoms with Crippen molar-refractivity contribution in [2.24, 2.45) is 0 Å². The second-order valence-corrected chi connectivity index (χ2v) is 7.39. The number of anilines is 1. The van der Waals surface area contributed by atoms with Gasteiger partial charge in [0, 0.05) is 37.9 Å². The van der Waals surface area contributed by atoms with Crippen molar-refractivity contribution in [3.8, 4) is 5.75 Å². The Balaban J connectivity index is 2.28. The Morgan fingerprint density at radius 1 is 1.05 bits per heavy atom. The molecule has 1 aliphatic heterocycles. The van der Waals surface area contributed by atoms with E-state index in [1.54, 1.807) is 0 Å². The van der Waals surface area contributed by atoms with E-state index in [0.29, 0.717) is 0 Å². The second kappa shape index (κ2) is 6.27. The molecule has 0 unspecified atom stereocenters. The van der Waals surface area contributed by atoms with Gasteiger partial charge in [0.25, 0.3) is 0 Å². The maximum Gasteiger partial charge on any atom is 0.125 e. The molecule has 21 heavy (non-hydrogen) atoms. The van der Waals surface area contributed by atoms with E-state index in [1.807, 2.05) is 0 Å². The first-order valence-electron chi connectivity index (χ1n) is 8.02. The molecule has 3 nitrogen and oxygen atoms in total. The molecule has 0 aliphatic carbocycles. The van der Waals surface area contributed by atoms with E-state index in [1.165, 1.54) is 11.3 Å². The summed E-state index contributed by atoms with van der Waals surface area (Å²) in [6, 6.07) is 6.72. The van der Waals surface area contributed by atoms with Crippen LogP contribution in [0.1, 0.15) is 40.2 Å². The Hall–Kier alpha value is -1.22. The highest BCUT2D eigenvalue weighted by molar-refractivity contribution is 5.55. The molecule has 0 radical (unpaired) electrons. The number of nitrogens with zero attached hydrogens (tertiary/aromatic N) is 2. The number of benzene rings is 1. The fourth-order valence-electron chi connectivity index (χ4n) is 2.74. The molecule has 2 rings (SSSR count). The third-order valence-electron chi connectivity index (χ3n) is 4.00. The summed E-state index contributed by atoms with van der Waals surface area (Å²) >= 11 is 0. The molecule has 0 bridgehead atoms. The molecule has 1 fully saturated rings. The van der Waals surface area contributed by atoms with Crippen molar-refractivity contribution in [1.82, 2.24) is 4.90 Å². The smallest absolute Gasteiger partial charge is 0.125 e. The third kappa shape index (κ3) is 4.13. The Labute approximate surface area is 129 Å². The average Bonchev–Trinajstić information content (AvgIpc) is 2.37. The summed E-state index contributed by atoms with van der Waals surface area (Å²) in [6.07, 6.45) is 0.203. The van der Waals surface area contributed by atoms with Crippen molar-refractivity contribution in [3.05, 3.63) is 23.8 Å². The molecular formula is C18H30N2O. The van der Waals surface area contributed by atoms with Crippen LogP contribution in [0.5, 0.6) is 5.75 Å². The molecule has 0 atom stereocenters. The Morgan fingerprint density at radius 3 is 2.19 bits per heavy atom. The van der Waals surface area contributed by atoms with E-state index < -0.39 is 0 Å². The Morgan fingerprint density at radius 2 is 1.67 bits per heavy atom. The number of piperazine rings is 1. The summed E-state index contributed by atoms with van der Waals surface area (Å²) in [4.78, 5) is 4.84. The minimum atomic E-state index is 0.102. The number of hydrogen-bond donors (Lipinski definition) is 0. The van der Waals surface area contributed by atoms with Crippen LogP contribution in [0.25, 0.3) is 0 Å². The molecule has 0 spiro atoms. The summed E-state index contributed by atoms with van der Waals surface area (Å²) in [7, 11) is 2.19. The van der Waals surface area contributed by atoms with Crippen LogP contribution < -0.4 is 9.64 Å². The number of hydrogen-bond acceptors (Lipinski definition) is 3. The first kappa shape index (κ1) is 16.2. The minimum Gasteiger partial charge on any atom is -0.491 e. The van der Waals surface area contributed by atoms with Crippen molar-refractivity contribution in [2.75, 3.05) is 38.1 Å². The third-order valence-corrected chi connectivity index (χ3v) is 4.00. The first-order valence-corrected chi connectivity index (χ1v) is 8.02. The number of likely N-dealkylation sites (N-methyl/N-ethyl adjacent to an activating group) is 1. The lowest BCUT2D eigenvalue weighted by Crippen LogP contribution is -2.44. The molecule has 3 heteroatoms. The van der Waals surface area contributed by atoms with Crippen LogP contribution in [0, 0.1) is 0 Å². The first-order chi connectivity index (χ1) is 9.77. The molecule has 0 aromatic heterocycles. The topological polar surface area (TPSA) is 15.7 Å². The standard InChI is InChI=1S/C18H30N2O/c1-14(2)21-17-13-15(7-8-16(17)18(3,4)5)20-11-9-19(6)10-12-20/h7-8,13-14H,9-12H2,1-6H3. The van der Waals surface area contributed by atoms with Crippen molar-refractivity contribution in [3.63, 3.8) is 0 Å². The maximum atomic E-state index is 6.09. The molecule has 1 aliphatic rings. The van der Waals surface area contributed by atoms with Gasteiger partial charge in [0.2, 0.25) is 0 Å². The van der Waals surface area contributed by atoms with Crippen molar-refractivity contribution < 1.29 is 4.74 Å². The zero-order valence-corrected chi connectivity index (χ0v) is 14.4. The van der Waals surface area contributed by atoms with E-state index in [4.69, 9.17) is 4.74 Å².